The van der Waals surface area contributed by atoms with Crippen molar-refractivity contribution in [2.24, 2.45) is 0 Å². The summed E-state index contributed by atoms with van der Waals surface area (Å²) in [6.07, 6.45) is 2.45. The molecule has 0 aliphatic heterocycles. The van der Waals surface area contributed by atoms with Crippen LogP contribution in [-0.2, 0) is 6.42 Å². The first-order valence-corrected chi connectivity index (χ1v) is 7.81. The lowest BCUT2D eigenvalue weighted by molar-refractivity contribution is 0.111. The number of carbonyl (C=O) groups excluding carboxylic acids is 2. The maximum atomic E-state index is 11.4. The molecule has 24 heavy (non-hydrogen) atoms. The number of H-pyrrole nitrogens is 1. The van der Waals surface area contributed by atoms with Crippen molar-refractivity contribution in [3.63, 3.8) is 0 Å². The van der Waals surface area contributed by atoms with Crippen LogP contribution in [0.3, 0.4) is 0 Å². The fraction of sp³-hybridized carbons (Fsp3) is 0.0476. The van der Waals surface area contributed by atoms with Gasteiger partial charge in [0.2, 0.25) is 0 Å². The van der Waals surface area contributed by atoms with E-state index in [1.807, 2.05) is 42.5 Å². The second-order valence-corrected chi connectivity index (χ2v) is 5.93. The highest BCUT2D eigenvalue weighted by molar-refractivity contribution is 6.10. The van der Waals surface area contributed by atoms with Crippen molar-refractivity contribution in [3.05, 3.63) is 82.9 Å². The number of hydrogen-bond acceptors (Lipinski definition) is 2. The van der Waals surface area contributed by atoms with Gasteiger partial charge in [0.15, 0.2) is 0 Å². The number of benzene rings is 3. The molecule has 4 aromatic rings. The molecular formula is C21H15NO2. The summed E-state index contributed by atoms with van der Waals surface area (Å²) in [5.74, 6) is 0. The molecule has 1 N–H and O–H groups in total. The molecule has 0 saturated heterocycles. The van der Waals surface area contributed by atoms with Gasteiger partial charge in [-0.3, -0.25) is 9.59 Å². The van der Waals surface area contributed by atoms with Crippen molar-refractivity contribution in [2.75, 3.05) is 0 Å². The third kappa shape index (κ3) is 2.40. The number of rotatable bonds is 4. The predicted molar refractivity (Wildman–Crippen MR) is 95.8 cm³/mol. The van der Waals surface area contributed by atoms with Gasteiger partial charge in [-0.1, -0.05) is 30.3 Å². The monoisotopic (exact) mass is 313 g/mol. The van der Waals surface area contributed by atoms with E-state index in [4.69, 9.17) is 0 Å². The Balaban J connectivity index is 1.98. The largest absolute Gasteiger partial charge is 0.354 e. The third-order valence-electron chi connectivity index (χ3n) is 4.35. The molecule has 0 atom stereocenters. The minimum absolute atomic E-state index is 0.629. The Hall–Kier alpha value is -3.20. The van der Waals surface area contributed by atoms with E-state index in [1.165, 1.54) is 5.56 Å². The number of hydrogen-bond donors (Lipinski definition) is 1. The van der Waals surface area contributed by atoms with Gasteiger partial charge in [0.25, 0.3) is 0 Å². The molecule has 3 aromatic carbocycles. The average molecular weight is 313 g/mol. The fourth-order valence-corrected chi connectivity index (χ4v) is 3.21. The van der Waals surface area contributed by atoms with Gasteiger partial charge in [-0.25, -0.2) is 0 Å². The molecule has 1 aromatic heterocycles. The molecule has 3 heteroatoms. The molecule has 0 aliphatic rings. The summed E-state index contributed by atoms with van der Waals surface area (Å²) < 4.78 is 0. The molecule has 0 spiro atoms. The lowest BCUT2D eigenvalue weighted by Gasteiger charge is -2.05. The first-order valence-electron chi connectivity index (χ1n) is 7.81. The molecule has 0 unspecified atom stereocenters. The van der Waals surface area contributed by atoms with E-state index in [1.54, 1.807) is 6.07 Å². The fourth-order valence-electron chi connectivity index (χ4n) is 3.21. The summed E-state index contributed by atoms with van der Waals surface area (Å²) in [6, 6.07) is 19.5. The van der Waals surface area contributed by atoms with Crippen molar-refractivity contribution in [3.8, 4) is 0 Å². The van der Waals surface area contributed by atoms with Crippen molar-refractivity contribution in [1.82, 2.24) is 4.98 Å². The van der Waals surface area contributed by atoms with Crippen LogP contribution in [0.1, 0.15) is 31.8 Å². The molecule has 0 saturated carbocycles. The van der Waals surface area contributed by atoms with Gasteiger partial charge in [-0.05, 0) is 47.9 Å². The Kier molecular flexibility index (Phi) is 3.47. The van der Waals surface area contributed by atoms with Crippen LogP contribution >= 0.6 is 0 Å². The van der Waals surface area contributed by atoms with E-state index in [9.17, 15) is 9.59 Å². The van der Waals surface area contributed by atoms with Crippen LogP contribution in [0.5, 0.6) is 0 Å². The van der Waals surface area contributed by atoms with Gasteiger partial charge in [0, 0.05) is 27.4 Å². The minimum atomic E-state index is 0.629. The van der Waals surface area contributed by atoms with Gasteiger partial charge < -0.3 is 4.98 Å². The normalized spacial score (nSPS) is 11.0. The van der Waals surface area contributed by atoms with Crippen LogP contribution in [0.2, 0.25) is 0 Å². The highest BCUT2D eigenvalue weighted by atomic mass is 16.1. The molecule has 0 fully saturated rings. The van der Waals surface area contributed by atoms with Crippen molar-refractivity contribution >= 4 is 34.4 Å². The van der Waals surface area contributed by atoms with Crippen LogP contribution in [0, 0.1) is 0 Å². The van der Waals surface area contributed by atoms with E-state index < -0.39 is 0 Å². The second-order valence-electron chi connectivity index (χ2n) is 5.93. The number of aromatic nitrogens is 1. The van der Waals surface area contributed by atoms with Crippen molar-refractivity contribution in [1.29, 1.82) is 0 Å². The predicted octanol–water partition coefficient (Wildman–Crippen LogP) is 4.54. The van der Waals surface area contributed by atoms with Gasteiger partial charge in [0.1, 0.15) is 12.6 Å². The topological polar surface area (TPSA) is 49.9 Å². The summed E-state index contributed by atoms with van der Waals surface area (Å²) in [7, 11) is 0. The van der Waals surface area contributed by atoms with Crippen LogP contribution in [0.25, 0.3) is 21.8 Å². The van der Waals surface area contributed by atoms with Crippen LogP contribution < -0.4 is 0 Å². The smallest absolute Gasteiger partial charge is 0.150 e. The number of fused-ring (bicyclic) bond motifs is 3. The van der Waals surface area contributed by atoms with Crippen LogP contribution in [-0.4, -0.2) is 17.6 Å². The Labute approximate surface area is 138 Å². The average Bonchev–Trinajstić information content (AvgIpc) is 3.00. The lowest BCUT2D eigenvalue weighted by Crippen LogP contribution is -1.92. The Morgan fingerprint density at radius 2 is 1.54 bits per heavy atom. The first-order chi connectivity index (χ1) is 11.8. The standard InChI is InChI=1S/C21H15NO2/c23-12-15-6-7-20-18(10-15)19-11-16(13-24)9-17(21(19)22-20)8-14-4-2-1-3-5-14/h1-7,9-13,22H,8H2. The van der Waals surface area contributed by atoms with Crippen LogP contribution in [0.4, 0.5) is 0 Å². The van der Waals surface area contributed by atoms with Crippen LogP contribution in [0.15, 0.2) is 60.7 Å². The molecule has 0 aliphatic carbocycles. The highest BCUT2D eigenvalue weighted by Gasteiger charge is 2.11. The van der Waals surface area contributed by atoms with E-state index in [0.717, 1.165) is 46.4 Å². The Bertz CT molecular complexity index is 1060. The third-order valence-corrected chi connectivity index (χ3v) is 4.35. The number of carbonyl (C=O) groups is 2. The van der Waals surface area contributed by atoms with Crippen molar-refractivity contribution in [2.45, 2.75) is 6.42 Å². The maximum absolute atomic E-state index is 11.4. The lowest BCUT2D eigenvalue weighted by atomic mass is 9.99. The SMILES string of the molecule is O=Cc1ccc2[nH]c3c(Cc4ccccc4)cc(C=O)cc3c2c1. The summed E-state index contributed by atoms with van der Waals surface area (Å²) in [5, 5.41) is 1.94. The van der Waals surface area contributed by atoms with E-state index in [2.05, 4.69) is 17.1 Å². The Morgan fingerprint density at radius 1 is 0.792 bits per heavy atom. The Morgan fingerprint density at radius 3 is 2.29 bits per heavy atom. The molecule has 0 radical (unpaired) electrons. The molecular weight excluding hydrogens is 298 g/mol. The van der Waals surface area contributed by atoms with Gasteiger partial charge in [-0.15, -0.1) is 0 Å². The molecule has 1 heterocycles. The zero-order valence-electron chi connectivity index (χ0n) is 13.0. The van der Waals surface area contributed by atoms with E-state index in [0.29, 0.717) is 11.1 Å². The van der Waals surface area contributed by atoms with E-state index >= 15 is 0 Å². The van der Waals surface area contributed by atoms with Gasteiger partial charge in [0.05, 0.1) is 5.52 Å². The minimum Gasteiger partial charge on any atom is -0.354 e. The zero-order chi connectivity index (χ0) is 16.5. The number of aromatic amines is 1. The second kappa shape index (κ2) is 5.78. The molecule has 3 nitrogen and oxygen atoms in total. The van der Waals surface area contributed by atoms with Crippen molar-refractivity contribution < 1.29 is 9.59 Å². The number of nitrogens with one attached hydrogen (secondary N) is 1. The quantitative estimate of drug-likeness (QED) is 0.562. The molecule has 4 rings (SSSR count). The molecule has 116 valence electrons. The summed E-state index contributed by atoms with van der Waals surface area (Å²) in [6.45, 7) is 0. The first kappa shape index (κ1) is 14.4. The maximum Gasteiger partial charge on any atom is 0.150 e. The van der Waals surface area contributed by atoms with E-state index in [-0.39, 0.29) is 0 Å². The molecule has 0 bridgehead atoms. The summed E-state index contributed by atoms with van der Waals surface area (Å²) >= 11 is 0. The van der Waals surface area contributed by atoms with Gasteiger partial charge in [-0.2, -0.15) is 0 Å². The summed E-state index contributed by atoms with van der Waals surface area (Å²) in [4.78, 5) is 25.9. The molecule has 0 amide bonds. The number of aldehydes is 2. The highest BCUT2D eigenvalue weighted by Crippen LogP contribution is 2.30. The summed E-state index contributed by atoms with van der Waals surface area (Å²) in [5.41, 5.74) is 5.52. The zero-order valence-corrected chi connectivity index (χ0v) is 13.0. The van der Waals surface area contributed by atoms with Gasteiger partial charge >= 0.3 is 0 Å².